The van der Waals surface area contributed by atoms with Crippen molar-refractivity contribution in [3.05, 3.63) is 86.7 Å². The summed E-state index contributed by atoms with van der Waals surface area (Å²) in [6.07, 6.45) is -0.373. The van der Waals surface area contributed by atoms with Gasteiger partial charge in [-0.15, -0.1) is 0 Å². The summed E-state index contributed by atoms with van der Waals surface area (Å²) in [6, 6.07) is 17.7. The van der Waals surface area contributed by atoms with Crippen LogP contribution in [0.5, 0.6) is 5.75 Å². The Kier molecular flexibility index (Phi) is 5.48. The van der Waals surface area contributed by atoms with Gasteiger partial charge in [0.25, 0.3) is 5.56 Å². The van der Waals surface area contributed by atoms with E-state index in [4.69, 9.17) is 9.47 Å². The SMILES string of the molecule is CC(C)Oc1ccc(C2OCC(C)(C)n3c(-c4ccccc4)c4c(=O)n(C)c(=O)n(C)c4c32)cc1. The van der Waals surface area contributed by atoms with Crippen LogP contribution in [0.25, 0.3) is 22.2 Å². The molecule has 1 aliphatic heterocycles. The number of fused-ring (bicyclic) bond motifs is 3. The molecule has 7 heteroatoms. The minimum Gasteiger partial charge on any atom is -0.491 e. The second kappa shape index (κ2) is 8.27. The summed E-state index contributed by atoms with van der Waals surface area (Å²) in [5, 5.41) is 0.527. The van der Waals surface area contributed by atoms with E-state index in [1.165, 1.54) is 11.6 Å². The van der Waals surface area contributed by atoms with Crippen molar-refractivity contribution in [2.45, 2.75) is 45.4 Å². The predicted octanol–water partition coefficient (Wildman–Crippen LogP) is 4.35. The Bertz CT molecular complexity index is 1520. The first-order valence-corrected chi connectivity index (χ1v) is 11.9. The molecule has 3 heterocycles. The van der Waals surface area contributed by atoms with Gasteiger partial charge < -0.3 is 14.0 Å². The Hall–Kier alpha value is -3.58. The van der Waals surface area contributed by atoms with Gasteiger partial charge in [-0.1, -0.05) is 42.5 Å². The molecule has 0 saturated carbocycles. The van der Waals surface area contributed by atoms with Crippen molar-refractivity contribution < 1.29 is 9.47 Å². The van der Waals surface area contributed by atoms with Gasteiger partial charge in [-0.05, 0) is 51.0 Å². The molecule has 182 valence electrons. The number of aryl methyl sites for hydroxylation is 1. The Morgan fingerprint density at radius 3 is 2.26 bits per heavy atom. The van der Waals surface area contributed by atoms with E-state index in [0.717, 1.165) is 28.3 Å². The van der Waals surface area contributed by atoms with Crippen molar-refractivity contribution in [3.8, 4) is 17.0 Å². The maximum Gasteiger partial charge on any atom is 0.331 e. The molecule has 0 bridgehead atoms. The molecule has 2 aromatic carbocycles. The predicted molar refractivity (Wildman–Crippen MR) is 137 cm³/mol. The molecule has 7 nitrogen and oxygen atoms in total. The van der Waals surface area contributed by atoms with E-state index < -0.39 is 11.6 Å². The molecular formula is C28H31N3O4. The summed E-state index contributed by atoms with van der Waals surface area (Å²) >= 11 is 0. The number of hydrogen-bond acceptors (Lipinski definition) is 4. The lowest BCUT2D eigenvalue weighted by Crippen LogP contribution is -2.40. The molecule has 1 atom stereocenters. The lowest BCUT2D eigenvalue weighted by atomic mass is 9.98. The van der Waals surface area contributed by atoms with Gasteiger partial charge in [0.05, 0.1) is 40.5 Å². The number of rotatable bonds is 4. The number of ether oxygens (including phenoxy) is 2. The summed E-state index contributed by atoms with van der Waals surface area (Å²) in [5.41, 5.74) is 2.97. The number of hydrogen-bond donors (Lipinski definition) is 0. The van der Waals surface area contributed by atoms with Crippen molar-refractivity contribution in [1.29, 1.82) is 0 Å². The molecule has 0 aliphatic carbocycles. The van der Waals surface area contributed by atoms with Gasteiger partial charge in [0.1, 0.15) is 11.9 Å². The largest absolute Gasteiger partial charge is 0.491 e. The Labute approximate surface area is 204 Å². The zero-order chi connectivity index (χ0) is 25.1. The molecule has 4 aromatic rings. The quantitative estimate of drug-likeness (QED) is 0.442. The van der Waals surface area contributed by atoms with E-state index >= 15 is 0 Å². The van der Waals surface area contributed by atoms with Crippen molar-refractivity contribution in [3.63, 3.8) is 0 Å². The van der Waals surface area contributed by atoms with E-state index in [-0.39, 0.29) is 17.4 Å². The zero-order valence-electron chi connectivity index (χ0n) is 21.0. The molecule has 1 aliphatic rings. The lowest BCUT2D eigenvalue weighted by Gasteiger charge is -2.39. The number of aromatic nitrogens is 3. The van der Waals surface area contributed by atoms with Crippen LogP contribution in [0.1, 0.15) is 45.1 Å². The average molecular weight is 474 g/mol. The summed E-state index contributed by atoms with van der Waals surface area (Å²) in [4.78, 5) is 26.6. The molecule has 35 heavy (non-hydrogen) atoms. The fourth-order valence-electron chi connectivity index (χ4n) is 5.11. The van der Waals surface area contributed by atoms with Crippen molar-refractivity contribution in [2.24, 2.45) is 14.1 Å². The highest BCUT2D eigenvalue weighted by Gasteiger charge is 2.40. The third-order valence-electron chi connectivity index (χ3n) is 6.67. The van der Waals surface area contributed by atoms with Crippen LogP contribution < -0.4 is 16.0 Å². The summed E-state index contributed by atoms with van der Waals surface area (Å²) in [5.74, 6) is 0.784. The monoisotopic (exact) mass is 473 g/mol. The lowest BCUT2D eigenvalue weighted by molar-refractivity contribution is -0.00709. The third-order valence-corrected chi connectivity index (χ3v) is 6.67. The topological polar surface area (TPSA) is 67.4 Å². The van der Waals surface area contributed by atoms with Gasteiger partial charge in [0.15, 0.2) is 0 Å². The molecule has 5 rings (SSSR count). The average Bonchev–Trinajstić information content (AvgIpc) is 3.20. The molecule has 2 aromatic heterocycles. The summed E-state index contributed by atoms with van der Waals surface area (Å²) in [6.45, 7) is 8.63. The first-order valence-electron chi connectivity index (χ1n) is 11.9. The van der Waals surface area contributed by atoms with Gasteiger partial charge >= 0.3 is 5.69 Å². The van der Waals surface area contributed by atoms with Crippen molar-refractivity contribution in [2.75, 3.05) is 6.61 Å². The van der Waals surface area contributed by atoms with Gasteiger partial charge in [-0.3, -0.25) is 13.9 Å². The molecule has 0 fully saturated rings. The normalized spacial score (nSPS) is 17.1. The first kappa shape index (κ1) is 23.2. The minimum absolute atomic E-state index is 0.0768. The van der Waals surface area contributed by atoms with Crippen LogP contribution in [-0.4, -0.2) is 26.4 Å². The van der Waals surface area contributed by atoms with Crippen LogP contribution in [-0.2, 0) is 24.4 Å². The van der Waals surface area contributed by atoms with E-state index in [1.807, 2.05) is 68.4 Å². The highest BCUT2D eigenvalue weighted by molar-refractivity contribution is 5.96. The van der Waals surface area contributed by atoms with E-state index in [9.17, 15) is 9.59 Å². The van der Waals surface area contributed by atoms with Gasteiger partial charge in [-0.25, -0.2) is 4.79 Å². The van der Waals surface area contributed by atoms with Gasteiger partial charge in [0.2, 0.25) is 0 Å². The maximum atomic E-state index is 13.6. The molecule has 0 saturated heterocycles. The molecule has 0 radical (unpaired) electrons. The van der Waals surface area contributed by atoms with Crippen LogP contribution in [0.15, 0.2) is 64.2 Å². The van der Waals surface area contributed by atoms with Crippen molar-refractivity contribution >= 4 is 10.9 Å². The zero-order valence-corrected chi connectivity index (χ0v) is 21.0. The van der Waals surface area contributed by atoms with Gasteiger partial charge in [0, 0.05) is 14.1 Å². The van der Waals surface area contributed by atoms with Crippen LogP contribution in [0.3, 0.4) is 0 Å². The molecule has 0 spiro atoms. The second-order valence-electron chi connectivity index (χ2n) is 10.1. The van der Waals surface area contributed by atoms with Crippen molar-refractivity contribution in [1.82, 2.24) is 13.7 Å². The molecular weight excluding hydrogens is 442 g/mol. The summed E-state index contributed by atoms with van der Waals surface area (Å²) < 4.78 is 17.2. The summed E-state index contributed by atoms with van der Waals surface area (Å²) in [7, 11) is 3.25. The standard InChI is InChI=1S/C28H31N3O4/c1-17(2)35-20-14-12-19(13-15-20)25-24-23-21(26(32)30(6)27(33)29(23)5)22(18-10-8-7-9-11-18)31(24)28(3,4)16-34-25/h7-15,17,25H,16H2,1-6H3. The van der Waals surface area contributed by atoms with Crippen LogP contribution in [0.4, 0.5) is 0 Å². The second-order valence-corrected chi connectivity index (χ2v) is 10.1. The molecule has 0 N–H and O–H groups in total. The highest BCUT2D eigenvalue weighted by atomic mass is 16.5. The molecule has 0 amide bonds. The molecule has 1 unspecified atom stereocenters. The van der Waals surface area contributed by atoms with Gasteiger partial charge in [-0.2, -0.15) is 0 Å². The fraction of sp³-hybridized carbons (Fsp3) is 0.357. The minimum atomic E-state index is -0.450. The smallest absolute Gasteiger partial charge is 0.331 e. The first-order chi connectivity index (χ1) is 16.6. The highest BCUT2D eigenvalue weighted by Crippen LogP contribution is 2.45. The van der Waals surface area contributed by atoms with E-state index in [0.29, 0.717) is 17.5 Å². The Morgan fingerprint density at radius 1 is 0.971 bits per heavy atom. The van der Waals surface area contributed by atoms with E-state index in [2.05, 4.69) is 18.4 Å². The van der Waals surface area contributed by atoms with E-state index in [1.54, 1.807) is 11.6 Å². The maximum absolute atomic E-state index is 13.6. The number of nitrogens with zero attached hydrogens (tertiary/aromatic N) is 3. The Balaban J connectivity index is 1.88. The van der Waals surface area contributed by atoms with Crippen LogP contribution in [0.2, 0.25) is 0 Å². The third kappa shape index (κ3) is 3.62. The fourth-order valence-corrected chi connectivity index (χ4v) is 5.11. The van der Waals surface area contributed by atoms with Crippen LogP contribution >= 0.6 is 0 Å². The van der Waals surface area contributed by atoms with Crippen LogP contribution in [0, 0.1) is 0 Å². The number of benzene rings is 2. The Morgan fingerprint density at radius 2 is 1.63 bits per heavy atom.